The first-order valence-corrected chi connectivity index (χ1v) is 6.03. The standard InChI is InChI=1S/C12H15N3S/c1-9-8-16-12(14-9)15(2)11-5-3-10(7-13)4-6-11/h3-6,8H,7,13H2,1-2H3. The molecule has 0 saturated carbocycles. The van der Waals surface area contributed by atoms with Gasteiger partial charge in [0.05, 0.1) is 5.69 Å². The van der Waals surface area contributed by atoms with Crippen molar-refractivity contribution in [1.82, 2.24) is 4.98 Å². The van der Waals surface area contributed by atoms with Crippen LogP contribution in [0.3, 0.4) is 0 Å². The molecule has 0 amide bonds. The van der Waals surface area contributed by atoms with E-state index in [1.807, 2.05) is 26.1 Å². The second-order valence-electron chi connectivity index (χ2n) is 3.70. The summed E-state index contributed by atoms with van der Waals surface area (Å²) in [5, 5.41) is 3.07. The molecule has 0 fully saturated rings. The number of rotatable bonds is 3. The minimum atomic E-state index is 0.584. The number of benzene rings is 1. The molecule has 1 aromatic carbocycles. The van der Waals surface area contributed by atoms with Crippen LogP contribution in [0.5, 0.6) is 0 Å². The maximum Gasteiger partial charge on any atom is 0.189 e. The Morgan fingerprint density at radius 1 is 1.31 bits per heavy atom. The van der Waals surface area contributed by atoms with Crippen molar-refractivity contribution in [2.75, 3.05) is 11.9 Å². The van der Waals surface area contributed by atoms with Crippen molar-refractivity contribution in [2.45, 2.75) is 13.5 Å². The van der Waals surface area contributed by atoms with Crippen LogP contribution in [0, 0.1) is 6.92 Å². The summed E-state index contributed by atoms with van der Waals surface area (Å²) in [6.45, 7) is 2.59. The molecule has 2 rings (SSSR count). The zero-order valence-electron chi connectivity index (χ0n) is 9.47. The maximum absolute atomic E-state index is 5.57. The van der Waals surface area contributed by atoms with Gasteiger partial charge in [0.1, 0.15) is 0 Å². The topological polar surface area (TPSA) is 42.1 Å². The molecule has 0 radical (unpaired) electrons. The summed E-state index contributed by atoms with van der Waals surface area (Å²) in [6, 6.07) is 8.23. The van der Waals surface area contributed by atoms with Gasteiger partial charge in [0.2, 0.25) is 0 Å². The zero-order valence-corrected chi connectivity index (χ0v) is 10.3. The normalized spacial score (nSPS) is 10.4. The first-order valence-electron chi connectivity index (χ1n) is 5.15. The minimum absolute atomic E-state index is 0.584. The van der Waals surface area contributed by atoms with Gasteiger partial charge in [-0.1, -0.05) is 12.1 Å². The van der Waals surface area contributed by atoms with Crippen molar-refractivity contribution in [3.63, 3.8) is 0 Å². The van der Waals surface area contributed by atoms with Crippen LogP contribution in [0.1, 0.15) is 11.3 Å². The lowest BCUT2D eigenvalue weighted by Crippen LogP contribution is -2.09. The van der Waals surface area contributed by atoms with Crippen LogP contribution in [-0.2, 0) is 6.54 Å². The highest BCUT2D eigenvalue weighted by atomic mass is 32.1. The van der Waals surface area contributed by atoms with E-state index in [1.54, 1.807) is 11.3 Å². The van der Waals surface area contributed by atoms with Gasteiger partial charge in [-0.15, -0.1) is 11.3 Å². The smallest absolute Gasteiger partial charge is 0.189 e. The molecular formula is C12H15N3S. The van der Waals surface area contributed by atoms with Gasteiger partial charge in [-0.3, -0.25) is 0 Å². The highest BCUT2D eigenvalue weighted by Crippen LogP contribution is 2.26. The fourth-order valence-electron chi connectivity index (χ4n) is 1.46. The Bertz CT molecular complexity index is 461. The molecule has 2 N–H and O–H groups in total. The summed E-state index contributed by atoms with van der Waals surface area (Å²) >= 11 is 1.65. The van der Waals surface area contributed by atoms with E-state index in [-0.39, 0.29) is 0 Å². The highest BCUT2D eigenvalue weighted by molar-refractivity contribution is 7.13. The second-order valence-corrected chi connectivity index (χ2v) is 4.54. The fraction of sp³-hybridized carbons (Fsp3) is 0.250. The molecule has 0 unspecified atom stereocenters. The largest absolute Gasteiger partial charge is 0.326 e. The molecule has 4 heteroatoms. The van der Waals surface area contributed by atoms with E-state index in [0.717, 1.165) is 22.1 Å². The third-order valence-electron chi connectivity index (χ3n) is 2.45. The van der Waals surface area contributed by atoms with E-state index in [9.17, 15) is 0 Å². The van der Waals surface area contributed by atoms with Crippen molar-refractivity contribution in [3.05, 3.63) is 40.9 Å². The lowest BCUT2D eigenvalue weighted by atomic mass is 10.2. The van der Waals surface area contributed by atoms with E-state index in [0.29, 0.717) is 6.54 Å². The van der Waals surface area contributed by atoms with Crippen molar-refractivity contribution in [1.29, 1.82) is 0 Å². The van der Waals surface area contributed by atoms with Gasteiger partial charge in [-0.25, -0.2) is 4.98 Å². The van der Waals surface area contributed by atoms with Crippen LogP contribution in [0.25, 0.3) is 0 Å². The number of hydrogen-bond acceptors (Lipinski definition) is 4. The summed E-state index contributed by atoms with van der Waals surface area (Å²) in [5.74, 6) is 0. The molecule has 16 heavy (non-hydrogen) atoms. The average Bonchev–Trinajstić information content (AvgIpc) is 2.75. The minimum Gasteiger partial charge on any atom is -0.326 e. The monoisotopic (exact) mass is 233 g/mol. The Kier molecular flexibility index (Phi) is 3.22. The Labute approximate surface area is 99.5 Å². The average molecular weight is 233 g/mol. The second kappa shape index (κ2) is 4.63. The van der Waals surface area contributed by atoms with E-state index >= 15 is 0 Å². The van der Waals surface area contributed by atoms with E-state index in [4.69, 9.17) is 5.73 Å². The van der Waals surface area contributed by atoms with E-state index in [2.05, 4.69) is 27.4 Å². The maximum atomic E-state index is 5.57. The molecular weight excluding hydrogens is 218 g/mol. The van der Waals surface area contributed by atoms with Crippen LogP contribution in [0.15, 0.2) is 29.6 Å². The Balaban J connectivity index is 2.23. The number of hydrogen-bond donors (Lipinski definition) is 1. The summed E-state index contributed by atoms with van der Waals surface area (Å²) in [7, 11) is 2.02. The highest BCUT2D eigenvalue weighted by Gasteiger charge is 2.07. The molecule has 3 nitrogen and oxygen atoms in total. The van der Waals surface area contributed by atoms with Crippen molar-refractivity contribution >= 4 is 22.2 Å². The summed E-state index contributed by atoms with van der Waals surface area (Å²) in [4.78, 5) is 6.53. The number of nitrogens with two attached hydrogens (primary N) is 1. The number of anilines is 2. The Morgan fingerprint density at radius 2 is 2.00 bits per heavy atom. The van der Waals surface area contributed by atoms with Gasteiger partial charge in [0, 0.05) is 24.7 Å². The number of aromatic nitrogens is 1. The van der Waals surface area contributed by atoms with E-state index in [1.165, 1.54) is 0 Å². The Morgan fingerprint density at radius 3 is 2.50 bits per heavy atom. The third kappa shape index (κ3) is 2.23. The zero-order chi connectivity index (χ0) is 11.5. The fourth-order valence-corrected chi connectivity index (χ4v) is 2.25. The third-order valence-corrected chi connectivity index (χ3v) is 3.49. The summed E-state index contributed by atoms with van der Waals surface area (Å²) < 4.78 is 0. The van der Waals surface area contributed by atoms with Crippen LogP contribution in [0.2, 0.25) is 0 Å². The Hall–Kier alpha value is -1.39. The van der Waals surface area contributed by atoms with Crippen LogP contribution >= 0.6 is 11.3 Å². The lowest BCUT2D eigenvalue weighted by molar-refractivity contribution is 1.07. The molecule has 0 bridgehead atoms. The van der Waals surface area contributed by atoms with Crippen LogP contribution in [0.4, 0.5) is 10.8 Å². The van der Waals surface area contributed by atoms with Crippen molar-refractivity contribution < 1.29 is 0 Å². The van der Waals surface area contributed by atoms with Crippen molar-refractivity contribution in [3.8, 4) is 0 Å². The first kappa shape index (κ1) is 11.1. The van der Waals surface area contributed by atoms with Crippen molar-refractivity contribution in [2.24, 2.45) is 5.73 Å². The van der Waals surface area contributed by atoms with Gasteiger partial charge in [0.15, 0.2) is 5.13 Å². The molecule has 0 aliphatic heterocycles. The van der Waals surface area contributed by atoms with Gasteiger partial charge >= 0.3 is 0 Å². The molecule has 0 aliphatic rings. The molecule has 1 heterocycles. The first-order chi connectivity index (χ1) is 7.70. The molecule has 0 spiro atoms. The number of thiazole rings is 1. The van der Waals surface area contributed by atoms with Crippen LogP contribution < -0.4 is 10.6 Å². The SMILES string of the molecule is Cc1csc(N(C)c2ccc(CN)cc2)n1. The molecule has 0 aliphatic carbocycles. The van der Waals surface area contributed by atoms with Gasteiger partial charge in [0.25, 0.3) is 0 Å². The number of nitrogens with zero attached hydrogens (tertiary/aromatic N) is 2. The van der Waals surface area contributed by atoms with Gasteiger partial charge < -0.3 is 10.6 Å². The summed E-state index contributed by atoms with van der Waals surface area (Å²) in [6.07, 6.45) is 0. The van der Waals surface area contributed by atoms with Gasteiger partial charge in [-0.05, 0) is 24.6 Å². The molecule has 0 saturated heterocycles. The molecule has 2 aromatic rings. The van der Waals surface area contributed by atoms with E-state index < -0.39 is 0 Å². The lowest BCUT2D eigenvalue weighted by Gasteiger charge is -2.15. The predicted molar refractivity (Wildman–Crippen MR) is 69.2 cm³/mol. The number of aryl methyl sites for hydroxylation is 1. The van der Waals surface area contributed by atoms with Crippen LogP contribution in [-0.4, -0.2) is 12.0 Å². The molecule has 1 aromatic heterocycles. The van der Waals surface area contributed by atoms with Gasteiger partial charge in [-0.2, -0.15) is 0 Å². The molecule has 84 valence electrons. The quantitative estimate of drug-likeness (QED) is 0.886. The molecule has 0 atom stereocenters. The predicted octanol–water partition coefficient (Wildman–Crippen LogP) is 2.68. The summed E-state index contributed by atoms with van der Waals surface area (Å²) in [5.41, 5.74) is 8.90.